The van der Waals surface area contributed by atoms with Crippen LogP contribution in [0, 0.1) is 0 Å². The summed E-state index contributed by atoms with van der Waals surface area (Å²) in [4.78, 5) is 37.7. The first kappa shape index (κ1) is 18.0. The molecule has 1 aromatic carbocycles. The summed E-state index contributed by atoms with van der Waals surface area (Å²) in [5.41, 5.74) is 1.62. The Balaban J connectivity index is 1.45. The van der Waals surface area contributed by atoms with Crippen molar-refractivity contribution in [2.24, 2.45) is 0 Å². The van der Waals surface area contributed by atoms with Gasteiger partial charge < -0.3 is 15.0 Å². The van der Waals surface area contributed by atoms with E-state index in [1.807, 2.05) is 12.1 Å². The first-order valence-electron chi connectivity index (χ1n) is 9.52. The molecule has 2 fully saturated rings. The zero-order valence-corrected chi connectivity index (χ0v) is 15.7. The first-order valence-corrected chi connectivity index (χ1v) is 9.52. The molecule has 0 spiro atoms. The molecule has 1 aromatic rings. The van der Waals surface area contributed by atoms with Crippen molar-refractivity contribution in [1.29, 1.82) is 0 Å². The van der Waals surface area contributed by atoms with Crippen LogP contribution in [0.5, 0.6) is 5.75 Å². The third-order valence-corrected chi connectivity index (χ3v) is 5.70. The Hall–Kier alpha value is -2.41. The maximum atomic E-state index is 12.7. The van der Waals surface area contributed by atoms with Crippen LogP contribution in [0.25, 0.3) is 0 Å². The van der Waals surface area contributed by atoms with Crippen LogP contribution in [-0.2, 0) is 16.1 Å². The highest BCUT2D eigenvalue weighted by Crippen LogP contribution is 2.31. The highest BCUT2D eigenvalue weighted by atomic mass is 16.5. The molecule has 3 aliphatic heterocycles. The normalized spacial score (nSPS) is 27.3. The van der Waals surface area contributed by atoms with Gasteiger partial charge in [-0.25, -0.2) is 0 Å². The van der Waals surface area contributed by atoms with Crippen molar-refractivity contribution in [3.63, 3.8) is 0 Å². The van der Waals surface area contributed by atoms with Gasteiger partial charge in [-0.3, -0.25) is 19.7 Å². The molecule has 7 nitrogen and oxygen atoms in total. The second-order valence-corrected chi connectivity index (χ2v) is 8.26. The summed E-state index contributed by atoms with van der Waals surface area (Å²) in [5, 5.41) is 5.81. The summed E-state index contributed by atoms with van der Waals surface area (Å²) in [6.45, 7) is 5.54. The van der Waals surface area contributed by atoms with E-state index in [4.69, 9.17) is 4.74 Å². The lowest BCUT2D eigenvalue weighted by Crippen LogP contribution is -2.52. The molecule has 3 heterocycles. The largest absolute Gasteiger partial charge is 0.489 e. The smallest absolute Gasteiger partial charge is 0.255 e. The van der Waals surface area contributed by atoms with Gasteiger partial charge in [0.1, 0.15) is 17.9 Å². The fourth-order valence-corrected chi connectivity index (χ4v) is 4.02. The van der Waals surface area contributed by atoms with E-state index in [9.17, 15) is 14.4 Å². The van der Waals surface area contributed by atoms with Crippen LogP contribution in [0.3, 0.4) is 0 Å². The van der Waals surface area contributed by atoms with Gasteiger partial charge in [0.15, 0.2) is 0 Å². The van der Waals surface area contributed by atoms with Gasteiger partial charge in [-0.1, -0.05) is 0 Å². The van der Waals surface area contributed by atoms with Gasteiger partial charge in [0.2, 0.25) is 11.8 Å². The van der Waals surface area contributed by atoms with Gasteiger partial charge >= 0.3 is 0 Å². The molecule has 27 heavy (non-hydrogen) atoms. The predicted molar refractivity (Wildman–Crippen MR) is 98.2 cm³/mol. The Morgan fingerprint density at radius 1 is 1.19 bits per heavy atom. The fourth-order valence-electron chi connectivity index (χ4n) is 4.02. The number of hydrogen-bond acceptors (Lipinski definition) is 5. The molecular weight excluding hydrogens is 346 g/mol. The average molecular weight is 371 g/mol. The molecule has 3 aliphatic rings. The lowest BCUT2D eigenvalue weighted by Gasteiger charge is -2.35. The number of hydrogen-bond donors (Lipinski definition) is 2. The number of carbonyl (C=O) groups excluding carboxylic acids is 3. The van der Waals surface area contributed by atoms with Crippen LogP contribution in [0.15, 0.2) is 18.2 Å². The molecule has 2 saturated heterocycles. The minimum Gasteiger partial charge on any atom is -0.489 e. The summed E-state index contributed by atoms with van der Waals surface area (Å²) in [6, 6.07) is 4.92. The van der Waals surface area contributed by atoms with Crippen molar-refractivity contribution in [1.82, 2.24) is 15.5 Å². The Morgan fingerprint density at radius 2 is 2.00 bits per heavy atom. The number of amides is 3. The van der Waals surface area contributed by atoms with Crippen LogP contribution in [0.1, 0.15) is 55.5 Å². The van der Waals surface area contributed by atoms with E-state index in [1.165, 1.54) is 0 Å². The van der Waals surface area contributed by atoms with E-state index in [-0.39, 0.29) is 35.8 Å². The molecule has 7 heteroatoms. The van der Waals surface area contributed by atoms with Crippen LogP contribution >= 0.6 is 0 Å². The maximum absolute atomic E-state index is 12.7. The molecule has 0 bridgehead atoms. The Bertz CT molecular complexity index is 794. The minimum absolute atomic E-state index is 0.111. The predicted octanol–water partition coefficient (Wildman–Crippen LogP) is 1.36. The summed E-state index contributed by atoms with van der Waals surface area (Å²) in [6.07, 6.45) is 2.77. The van der Waals surface area contributed by atoms with Gasteiger partial charge in [0.05, 0.1) is 0 Å². The molecule has 0 saturated carbocycles. The van der Waals surface area contributed by atoms with Gasteiger partial charge in [-0.05, 0) is 56.9 Å². The fraction of sp³-hybridized carbons (Fsp3) is 0.550. The third-order valence-electron chi connectivity index (χ3n) is 5.70. The SMILES string of the molecule is CC1(C)CCC(Oc2ccc3c(c2)CN(C2CCC(=O)NC2=O)C3=O)CN1. The number of rotatable bonds is 3. The van der Waals surface area contributed by atoms with E-state index in [1.54, 1.807) is 11.0 Å². The van der Waals surface area contributed by atoms with Crippen molar-refractivity contribution >= 4 is 17.7 Å². The Morgan fingerprint density at radius 3 is 2.70 bits per heavy atom. The number of nitrogens with zero attached hydrogens (tertiary/aromatic N) is 1. The van der Waals surface area contributed by atoms with Gasteiger partial charge in [0.25, 0.3) is 5.91 Å². The quantitative estimate of drug-likeness (QED) is 0.784. The van der Waals surface area contributed by atoms with Crippen molar-refractivity contribution in [2.45, 2.75) is 63.8 Å². The van der Waals surface area contributed by atoms with E-state index in [0.29, 0.717) is 18.5 Å². The first-order chi connectivity index (χ1) is 12.8. The Labute approximate surface area is 158 Å². The van der Waals surface area contributed by atoms with E-state index < -0.39 is 6.04 Å². The summed E-state index contributed by atoms with van der Waals surface area (Å²) in [7, 11) is 0. The molecule has 2 unspecified atom stereocenters. The number of nitrogens with one attached hydrogen (secondary N) is 2. The minimum atomic E-state index is -0.586. The maximum Gasteiger partial charge on any atom is 0.255 e. The number of imide groups is 1. The molecule has 2 atom stereocenters. The number of carbonyl (C=O) groups is 3. The van der Waals surface area contributed by atoms with Crippen LogP contribution in [0.4, 0.5) is 0 Å². The van der Waals surface area contributed by atoms with Crippen molar-refractivity contribution in [2.75, 3.05) is 6.54 Å². The topological polar surface area (TPSA) is 87.7 Å². The number of fused-ring (bicyclic) bond motifs is 1. The summed E-state index contributed by atoms with van der Waals surface area (Å²) >= 11 is 0. The van der Waals surface area contributed by atoms with Crippen molar-refractivity contribution < 1.29 is 19.1 Å². The van der Waals surface area contributed by atoms with E-state index in [0.717, 1.165) is 30.7 Å². The molecule has 0 radical (unpaired) electrons. The molecule has 0 aliphatic carbocycles. The number of piperidine rings is 2. The van der Waals surface area contributed by atoms with Gasteiger partial charge in [-0.2, -0.15) is 0 Å². The highest BCUT2D eigenvalue weighted by Gasteiger charge is 2.39. The molecular formula is C20H25N3O4. The molecule has 0 aromatic heterocycles. The van der Waals surface area contributed by atoms with E-state index in [2.05, 4.69) is 24.5 Å². The lowest BCUT2D eigenvalue weighted by atomic mass is 9.92. The average Bonchev–Trinajstić information content (AvgIpc) is 2.93. The Kier molecular flexibility index (Phi) is 4.42. The van der Waals surface area contributed by atoms with Gasteiger partial charge in [0, 0.05) is 30.6 Å². The van der Waals surface area contributed by atoms with E-state index >= 15 is 0 Å². The standard InChI is InChI=1S/C20H25N3O4/c1-20(2)8-7-14(10-21-20)27-13-3-4-15-12(9-13)11-23(19(15)26)16-5-6-17(24)22-18(16)25/h3-4,9,14,16,21H,5-8,10-11H2,1-2H3,(H,22,24,25). The lowest BCUT2D eigenvalue weighted by molar-refractivity contribution is -0.136. The second kappa shape index (κ2) is 6.64. The molecule has 4 rings (SSSR count). The zero-order chi connectivity index (χ0) is 19.2. The van der Waals surface area contributed by atoms with Gasteiger partial charge in [-0.15, -0.1) is 0 Å². The molecule has 144 valence electrons. The molecule has 3 amide bonds. The van der Waals surface area contributed by atoms with Crippen LogP contribution in [0.2, 0.25) is 0 Å². The second-order valence-electron chi connectivity index (χ2n) is 8.26. The van der Waals surface area contributed by atoms with Crippen LogP contribution in [-0.4, -0.2) is 46.9 Å². The van der Waals surface area contributed by atoms with Crippen LogP contribution < -0.4 is 15.4 Å². The molecule has 2 N–H and O–H groups in total. The summed E-state index contributed by atoms with van der Waals surface area (Å²) < 4.78 is 6.11. The van der Waals surface area contributed by atoms with Crippen molar-refractivity contribution in [3.8, 4) is 5.75 Å². The number of benzene rings is 1. The third kappa shape index (κ3) is 3.56. The monoisotopic (exact) mass is 371 g/mol. The summed E-state index contributed by atoms with van der Waals surface area (Å²) in [5.74, 6) is -0.0783. The zero-order valence-electron chi connectivity index (χ0n) is 15.7. The highest BCUT2D eigenvalue weighted by molar-refractivity contribution is 6.05. The number of ether oxygens (including phenoxy) is 1. The van der Waals surface area contributed by atoms with Crippen molar-refractivity contribution in [3.05, 3.63) is 29.3 Å².